The van der Waals surface area contributed by atoms with Crippen molar-refractivity contribution in [2.24, 2.45) is 4.99 Å². The molecule has 0 fully saturated rings. The molecule has 0 heterocycles. The van der Waals surface area contributed by atoms with Gasteiger partial charge in [-0.3, -0.25) is 4.99 Å². The maximum absolute atomic E-state index is 11.7. The van der Waals surface area contributed by atoms with Crippen molar-refractivity contribution in [1.82, 2.24) is 16.0 Å². The third-order valence-corrected chi connectivity index (χ3v) is 3.86. The number of aryl methyl sites for hydroxylation is 1. The highest BCUT2D eigenvalue weighted by Crippen LogP contribution is 2.09. The Kier molecular flexibility index (Phi) is 7.67. The third-order valence-electron chi connectivity index (χ3n) is 3.86. The predicted octanol–water partition coefficient (Wildman–Crippen LogP) is 3.39. The Hall–Kier alpha value is -3.02. The molecular formula is C21H29N5O. The molecular weight excluding hydrogens is 338 g/mol. The molecule has 0 bridgehead atoms. The average molecular weight is 367 g/mol. The fourth-order valence-corrected chi connectivity index (χ4v) is 2.55. The molecule has 6 heteroatoms. The quantitative estimate of drug-likeness (QED) is 0.467. The first kappa shape index (κ1) is 20.3. The van der Waals surface area contributed by atoms with Gasteiger partial charge in [0.1, 0.15) is 0 Å². The van der Waals surface area contributed by atoms with Gasteiger partial charge in [-0.15, -0.1) is 0 Å². The molecule has 2 aromatic rings. The van der Waals surface area contributed by atoms with Gasteiger partial charge in [-0.25, -0.2) is 4.79 Å². The van der Waals surface area contributed by atoms with Crippen LogP contribution in [0.1, 0.15) is 30.5 Å². The highest BCUT2D eigenvalue weighted by atomic mass is 16.2. The lowest BCUT2D eigenvalue weighted by Gasteiger charge is -2.13. The van der Waals surface area contributed by atoms with E-state index >= 15 is 0 Å². The van der Waals surface area contributed by atoms with Gasteiger partial charge in [-0.1, -0.05) is 42.0 Å². The van der Waals surface area contributed by atoms with Crippen molar-refractivity contribution in [3.8, 4) is 0 Å². The average Bonchev–Trinajstić information content (AvgIpc) is 2.62. The van der Waals surface area contributed by atoms with Gasteiger partial charge in [0.05, 0.1) is 0 Å². The van der Waals surface area contributed by atoms with Crippen LogP contribution in [0.5, 0.6) is 0 Å². The summed E-state index contributed by atoms with van der Waals surface area (Å²) < 4.78 is 0. The van der Waals surface area contributed by atoms with Crippen molar-refractivity contribution in [2.75, 3.05) is 12.4 Å². The van der Waals surface area contributed by atoms with Crippen LogP contribution in [-0.4, -0.2) is 25.1 Å². The number of aliphatic imine (C=N–C) groups is 1. The highest BCUT2D eigenvalue weighted by molar-refractivity contribution is 5.89. The lowest BCUT2D eigenvalue weighted by molar-refractivity contribution is 0.250. The summed E-state index contributed by atoms with van der Waals surface area (Å²) >= 11 is 0. The molecule has 0 atom stereocenters. The number of urea groups is 1. The number of hydrogen-bond donors (Lipinski definition) is 4. The van der Waals surface area contributed by atoms with Crippen LogP contribution < -0.4 is 21.3 Å². The Bertz CT molecular complexity index is 768. The maximum Gasteiger partial charge on any atom is 0.319 e. The largest absolute Gasteiger partial charge is 0.352 e. The predicted molar refractivity (Wildman–Crippen MR) is 112 cm³/mol. The Labute approximate surface area is 161 Å². The minimum absolute atomic E-state index is 0.104. The molecule has 4 N–H and O–H groups in total. The number of nitrogens with zero attached hydrogens (tertiary/aromatic N) is 1. The minimum atomic E-state index is -0.198. The van der Waals surface area contributed by atoms with Crippen LogP contribution in [0.3, 0.4) is 0 Å². The normalized spacial score (nSPS) is 11.2. The van der Waals surface area contributed by atoms with Crippen molar-refractivity contribution < 1.29 is 4.79 Å². The van der Waals surface area contributed by atoms with E-state index in [-0.39, 0.29) is 12.1 Å². The van der Waals surface area contributed by atoms with Gasteiger partial charge in [0, 0.05) is 31.9 Å². The molecule has 0 aliphatic rings. The van der Waals surface area contributed by atoms with Gasteiger partial charge in [-0.2, -0.15) is 0 Å². The number of carbonyl (C=O) groups is 1. The Balaban J connectivity index is 1.81. The molecule has 0 spiro atoms. The van der Waals surface area contributed by atoms with Gasteiger partial charge < -0.3 is 21.3 Å². The Morgan fingerprint density at radius 2 is 1.67 bits per heavy atom. The first-order valence-corrected chi connectivity index (χ1v) is 9.13. The number of rotatable bonds is 6. The number of hydrogen-bond acceptors (Lipinski definition) is 2. The van der Waals surface area contributed by atoms with E-state index < -0.39 is 0 Å². The van der Waals surface area contributed by atoms with Crippen LogP contribution in [0, 0.1) is 6.92 Å². The molecule has 0 radical (unpaired) electrons. The molecule has 0 aliphatic carbocycles. The van der Waals surface area contributed by atoms with Crippen LogP contribution in [0.4, 0.5) is 10.5 Å². The number of guanidine groups is 1. The van der Waals surface area contributed by atoms with E-state index in [9.17, 15) is 4.79 Å². The van der Waals surface area contributed by atoms with E-state index in [0.717, 1.165) is 23.8 Å². The fraction of sp³-hybridized carbons (Fsp3) is 0.333. The van der Waals surface area contributed by atoms with E-state index in [1.807, 2.05) is 38.1 Å². The van der Waals surface area contributed by atoms with E-state index in [1.165, 1.54) is 11.1 Å². The molecule has 2 rings (SSSR count). The molecule has 2 amide bonds. The van der Waals surface area contributed by atoms with Crippen molar-refractivity contribution >= 4 is 17.7 Å². The summed E-state index contributed by atoms with van der Waals surface area (Å²) in [7, 11) is 1.76. The van der Waals surface area contributed by atoms with E-state index in [2.05, 4.69) is 57.4 Å². The SMILES string of the molecule is CN=C(NCc1ccc(NC(=O)NC(C)C)cc1)NCc1cccc(C)c1. The minimum Gasteiger partial charge on any atom is -0.352 e. The molecule has 0 aromatic heterocycles. The van der Waals surface area contributed by atoms with Crippen molar-refractivity contribution in [3.63, 3.8) is 0 Å². The van der Waals surface area contributed by atoms with Gasteiger partial charge >= 0.3 is 6.03 Å². The van der Waals surface area contributed by atoms with Gasteiger partial charge in [-0.05, 0) is 44.0 Å². The maximum atomic E-state index is 11.7. The molecule has 27 heavy (non-hydrogen) atoms. The number of nitrogens with one attached hydrogen (secondary N) is 4. The number of anilines is 1. The lowest BCUT2D eigenvalue weighted by Crippen LogP contribution is -2.36. The standard InChI is InChI=1S/C21H29N5O/c1-15(2)25-21(27)26-19-10-8-17(9-11-19)13-23-20(22-4)24-14-18-7-5-6-16(3)12-18/h5-12,15H,13-14H2,1-4H3,(H2,22,23,24)(H2,25,26,27). The smallest absolute Gasteiger partial charge is 0.319 e. The summed E-state index contributed by atoms with van der Waals surface area (Å²) in [5, 5.41) is 12.2. The van der Waals surface area contributed by atoms with E-state index in [4.69, 9.17) is 0 Å². The number of benzene rings is 2. The molecule has 144 valence electrons. The molecule has 0 saturated heterocycles. The van der Waals surface area contributed by atoms with Crippen molar-refractivity contribution in [3.05, 3.63) is 65.2 Å². The first-order valence-electron chi connectivity index (χ1n) is 9.13. The summed E-state index contributed by atoms with van der Waals surface area (Å²) in [5.74, 6) is 0.745. The summed E-state index contributed by atoms with van der Waals surface area (Å²) in [6, 6.07) is 16.0. The Morgan fingerprint density at radius 1 is 1.00 bits per heavy atom. The van der Waals surface area contributed by atoms with Crippen LogP contribution in [0.2, 0.25) is 0 Å². The number of carbonyl (C=O) groups excluding carboxylic acids is 1. The summed E-state index contributed by atoms with van der Waals surface area (Å²) in [4.78, 5) is 16.0. The second kappa shape index (κ2) is 10.2. The zero-order valence-electron chi connectivity index (χ0n) is 16.5. The van der Waals surface area contributed by atoms with Crippen LogP contribution in [0.25, 0.3) is 0 Å². The molecule has 0 unspecified atom stereocenters. The van der Waals surface area contributed by atoms with Crippen LogP contribution in [-0.2, 0) is 13.1 Å². The third kappa shape index (κ3) is 7.40. The monoisotopic (exact) mass is 367 g/mol. The second-order valence-corrected chi connectivity index (χ2v) is 6.72. The first-order chi connectivity index (χ1) is 13.0. The van der Waals surface area contributed by atoms with Crippen molar-refractivity contribution in [2.45, 2.75) is 39.9 Å². The lowest BCUT2D eigenvalue weighted by atomic mass is 10.1. The fourth-order valence-electron chi connectivity index (χ4n) is 2.55. The summed E-state index contributed by atoms with van der Waals surface area (Å²) in [5.41, 5.74) is 4.32. The molecule has 2 aromatic carbocycles. The zero-order valence-corrected chi connectivity index (χ0v) is 16.5. The second-order valence-electron chi connectivity index (χ2n) is 6.72. The topological polar surface area (TPSA) is 77.5 Å². The van der Waals surface area contributed by atoms with Gasteiger partial charge in [0.2, 0.25) is 0 Å². The highest BCUT2D eigenvalue weighted by Gasteiger charge is 2.04. The van der Waals surface area contributed by atoms with Crippen molar-refractivity contribution in [1.29, 1.82) is 0 Å². The summed E-state index contributed by atoms with van der Waals surface area (Å²) in [6.07, 6.45) is 0. The number of amides is 2. The summed E-state index contributed by atoms with van der Waals surface area (Å²) in [6.45, 7) is 7.30. The molecule has 0 saturated carbocycles. The van der Waals surface area contributed by atoms with E-state index in [0.29, 0.717) is 6.54 Å². The van der Waals surface area contributed by atoms with Crippen LogP contribution >= 0.6 is 0 Å². The van der Waals surface area contributed by atoms with Crippen LogP contribution in [0.15, 0.2) is 53.5 Å². The molecule has 0 aliphatic heterocycles. The van der Waals surface area contributed by atoms with Gasteiger partial charge in [0.15, 0.2) is 5.96 Å². The molecule has 6 nitrogen and oxygen atoms in total. The van der Waals surface area contributed by atoms with Gasteiger partial charge in [0.25, 0.3) is 0 Å². The van der Waals surface area contributed by atoms with E-state index in [1.54, 1.807) is 7.05 Å². The zero-order chi connectivity index (χ0) is 19.6. The Morgan fingerprint density at radius 3 is 2.26 bits per heavy atom.